The van der Waals surface area contributed by atoms with Crippen LogP contribution in [0.15, 0.2) is 71.5 Å². The maximum absolute atomic E-state index is 12.4. The second kappa shape index (κ2) is 7.44. The molecule has 132 valence electrons. The number of rotatable bonds is 7. The van der Waals surface area contributed by atoms with Crippen LogP contribution in [-0.4, -0.2) is 10.9 Å². The van der Waals surface area contributed by atoms with Gasteiger partial charge in [-0.2, -0.15) is 0 Å². The molecule has 2 aromatic heterocycles. The van der Waals surface area contributed by atoms with E-state index >= 15 is 0 Å². The van der Waals surface area contributed by atoms with Crippen molar-refractivity contribution >= 4 is 5.91 Å². The van der Waals surface area contributed by atoms with Gasteiger partial charge < -0.3 is 14.5 Å². The van der Waals surface area contributed by atoms with Crippen molar-refractivity contribution in [2.24, 2.45) is 5.92 Å². The Bertz CT molecular complexity index is 862. The molecule has 1 amide bonds. The summed E-state index contributed by atoms with van der Waals surface area (Å²) in [5.41, 5.74) is 1.94. The number of carbonyl (C=O) groups is 1. The summed E-state index contributed by atoms with van der Waals surface area (Å²) in [5, 5.41) is 2.99. The quantitative estimate of drug-likeness (QED) is 0.707. The van der Waals surface area contributed by atoms with Gasteiger partial charge in [-0.1, -0.05) is 36.4 Å². The van der Waals surface area contributed by atoms with Gasteiger partial charge in [0.1, 0.15) is 12.4 Å². The lowest BCUT2D eigenvalue weighted by molar-refractivity contribution is -0.122. The molecule has 1 aliphatic carbocycles. The Morgan fingerprint density at radius 1 is 1.15 bits per heavy atom. The molecule has 0 aliphatic heterocycles. The van der Waals surface area contributed by atoms with Crippen molar-refractivity contribution in [3.8, 4) is 5.88 Å². The van der Waals surface area contributed by atoms with Gasteiger partial charge in [0.15, 0.2) is 0 Å². The zero-order valence-electron chi connectivity index (χ0n) is 14.3. The molecule has 1 saturated carbocycles. The standard InChI is InChI=1S/C21H20N2O3/c24-20(18-12-17(18)19-9-5-11-25-19)23-13-16-8-4-10-22-21(16)26-14-15-6-2-1-3-7-15/h1-11,17-18H,12-14H2,(H,23,24)/t17-,18+/m1/s1. The molecular formula is C21H20N2O3. The Hall–Kier alpha value is -3.08. The van der Waals surface area contributed by atoms with E-state index in [1.54, 1.807) is 12.5 Å². The second-order valence-electron chi connectivity index (χ2n) is 6.42. The smallest absolute Gasteiger partial charge is 0.224 e. The van der Waals surface area contributed by atoms with Gasteiger partial charge in [0, 0.05) is 30.1 Å². The summed E-state index contributed by atoms with van der Waals surface area (Å²) in [6, 6.07) is 17.5. The van der Waals surface area contributed by atoms with Gasteiger partial charge in [-0.05, 0) is 30.2 Å². The highest BCUT2D eigenvalue weighted by Gasteiger charge is 2.45. The second-order valence-corrected chi connectivity index (χ2v) is 6.42. The molecule has 2 heterocycles. The predicted molar refractivity (Wildman–Crippen MR) is 96.4 cm³/mol. The van der Waals surface area contributed by atoms with Crippen molar-refractivity contribution in [2.75, 3.05) is 0 Å². The number of ether oxygens (including phenoxy) is 1. The van der Waals surface area contributed by atoms with Crippen LogP contribution in [0.4, 0.5) is 0 Å². The first-order valence-electron chi connectivity index (χ1n) is 8.73. The van der Waals surface area contributed by atoms with Crippen LogP contribution in [0.5, 0.6) is 5.88 Å². The van der Waals surface area contributed by atoms with Gasteiger partial charge >= 0.3 is 0 Å². The third kappa shape index (κ3) is 3.77. The molecule has 0 bridgehead atoms. The number of furan rings is 1. The molecule has 4 rings (SSSR count). The maximum atomic E-state index is 12.4. The van der Waals surface area contributed by atoms with E-state index in [0.717, 1.165) is 23.3 Å². The van der Waals surface area contributed by atoms with Crippen LogP contribution in [0.2, 0.25) is 0 Å². The lowest BCUT2D eigenvalue weighted by Crippen LogP contribution is -2.25. The molecule has 5 heteroatoms. The van der Waals surface area contributed by atoms with E-state index in [-0.39, 0.29) is 17.7 Å². The molecule has 1 N–H and O–H groups in total. The molecule has 1 fully saturated rings. The number of nitrogens with one attached hydrogen (secondary N) is 1. The van der Waals surface area contributed by atoms with Crippen molar-refractivity contribution in [3.63, 3.8) is 0 Å². The van der Waals surface area contributed by atoms with Crippen LogP contribution >= 0.6 is 0 Å². The van der Waals surface area contributed by atoms with Crippen LogP contribution < -0.4 is 10.1 Å². The predicted octanol–water partition coefficient (Wildman–Crippen LogP) is 3.67. The zero-order valence-corrected chi connectivity index (χ0v) is 14.3. The van der Waals surface area contributed by atoms with Crippen molar-refractivity contribution in [3.05, 3.63) is 83.9 Å². The van der Waals surface area contributed by atoms with Gasteiger partial charge in [0.25, 0.3) is 0 Å². The number of aromatic nitrogens is 1. The van der Waals surface area contributed by atoms with E-state index in [1.807, 2.05) is 54.6 Å². The zero-order chi connectivity index (χ0) is 17.8. The normalized spacial score (nSPS) is 18.3. The Morgan fingerprint density at radius 3 is 2.85 bits per heavy atom. The van der Waals surface area contributed by atoms with Gasteiger partial charge in [-0.3, -0.25) is 4.79 Å². The lowest BCUT2D eigenvalue weighted by atomic mass is 10.2. The van der Waals surface area contributed by atoms with Gasteiger partial charge in [-0.25, -0.2) is 4.98 Å². The fraction of sp³-hybridized carbons (Fsp3) is 0.238. The number of nitrogens with zero attached hydrogens (tertiary/aromatic N) is 1. The topological polar surface area (TPSA) is 64.4 Å². The number of hydrogen-bond donors (Lipinski definition) is 1. The van der Waals surface area contributed by atoms with Crippen LogP contribution in [-0.2, 0) is 17.9 Å². The third-order valence-corrected chi connectivity index (χ3v) is 4.56. The van der Waals surface area contributed by atoms with E-state index in [9.17, 15) is 4.79 Å². The molecule has 26 heavy (non-hydrogen) atoms. The minimum absolute atomic E-state index is 0.00786. The van der Waals surface area contributed by atoms with Gasteiger partial charge in [-0.15, -0.1) is 0 Å². The first kappa shape index (κ1) is 16.4. The van der Waals surface area contributed by atoms with Crippen LogP contribution in [0.25, 0.3) is 0 Å². The van der Waals surface area contributed by atoms with E-state index in [1.165, 1.54) is 0 Å². The Morgan fingerprint density at radius 2 is 2.04 bits per heavy atom. The number of pyridine rings is 1. The molecule has 0 spiro atoms. The number of carbonyl (C=O) groups excluding carboxylic acids is 1. The molecule has 3 aromatic rings. The first-order chi connectivity index (χ1) is 12.8. The van der Waals surface area contributed by atoms with Crippen LogP contribution in [0.3, 0.4) is 0 Å². The Balaban J connectivity index is 1.33. The average molecular weight is 348 g/mol. The van der Waals surface area contributed by atoms with Gasteiger partial charge in [0.2, 0.25) is 11.8 Å². The summed E-state index contributed by atoms with van der Waals surface area (Å²) < 4.78 is 11.2. The Labute approximate surface area is 152 Å². The van der Waals surface area contributed by atoms with Crippen molar-refractivity contribution in [1.82, 2.24) is 10.3 Å². The summed E-state index contributed by atoms with van der Waals surface area (Å²) in [5.74, 6) is 1.68. The fourth-order valence-corrected chi connectivity index (χ4v) is 3.03. The van der Waals surface area contributed by atoms with E-state index < -0.39 is 0 Å². The summed E-state index contributed by atoms with van der Waals surface area (Å²) >= 11 is 0. The van der Waals surface area contributed by atoms with Crippen LogP contribution in [0, 0.1) is 5.92 Å². The highest BCUT2D eigenvalue weighted by atomic mass is 16.5. The number of benzene rings is 1. The summed E-state index contributed by atoms with van der Waals surface area (Å²) in [6.45, 7) is 0.847. The minimum atomic E-state index is -0.00786. The van der Waals surface area contributed by atoms with Crippen molar-refractivity contribution in [1.29, 1.82) is 0 Å². The van der Waals surface area contributed by atoms with Crippen LogP contribution in [0.1, 0.15) is 29.2 Å². The molecule has 0 unspecified atom stereocenters. The average Bonchev–Trinajstić information content (AvgIpc) is 3.31. The van der Waals surface area contributed by atoms with E-state index in [0.29, 0.717) is 19.0 Å². The largest absolute Gasteiger partial charge is 0.473 e. The molecule has 0 radical (unpaired) electrons. The Kier molecular flexibility index (Phi) is 4.69. The fourth-order valence-electron chi connectivity index (χ4n) is 3.03. The van der Waals surface area contributed by atoms with Gasteiger partial charge in [0.05, 0.1) is 6.26 Å². The number of amides is 1. The highest BCUT2D eigenvalue weighted by molar-refractivity contribution is 5.82. The van der Waals surface area contributed by atoms with Crippen molar-refractivity contribution in [2.45, 2.75) is 25.5 Å². The summed E-state index contributed by atoms with van der Waals surface area (Å²) in [7, 11) is 0. The van der Waals surface area contributed by atoms with E-state index in [2.05, 4.69) is 10.3 Å². The SMILES string of the molecule is O=C(NCc1cccnc1OCc1ccccc1)[C@H]1C[C@H]1c1ccco1. The first-order valence-corrected chi connectivity index (χ1v) is 8.73. The maximum Gasteiger partial charge on any atom is 0.224 e. The monoisotopic (exact) mass is 348 g/mol. The lowest BCUT2D eigenvalue weighted by Gasteiger charge is -2.11. The molecule has 1 aromatic carbocycles. The highest BCUT2D eigenvalue weighted by Crippen LogP contribution is 2.47. The van der Waals surface area contributed by atoms with Crippen molar-refractivity contribution < 1.29 is 13.9 Å². The minimum Gasteiger partial charge on any atom is -0.473 e. The molecule has 0 saturated heterocycles. The number of hydrogen-bond acceptors (Lipinski definition) is 4. The summed E-state index contributed by atoms with van der Waals surface area (Å²) in [6.07, 6.45) is 4.18. The molecule has 2 atom stereocenters. The summed E-state index contributed by atoms with van der Waals surface area (Å²) in [4.78, 5) is 16.7. The molecule has 1 aliphatic rings. The molecule has 5 nitrogen and oxygen atoms in total. The molecular weight excluding hydrogens is 328 g/mol. The van der Waals surface area contributed by atoms with E-state index in [4.69, 9.17) is 9.15 Å². The third-order valence-electron chi connectivity index (χ3n) is 4.56.